The SMILES string of the molecule is O=[C]OC(O)C(=O)O. The molecule has 1 unspecified atom stereocenters. The maximum atomic E-state index is 9.54. The van der Waals surface area contributed by atoms with Crippen LogP contribution in [0, 0.1) is 0 Å². The van der Waals surface area contributed by atoms with Gasteiger partial charge in [0.25, 0.3) is 6.29 Å². The number of carboxylic acid groups (broad SMARTS) is 1. The summed E-state index contributed by atoms with van der Waals surface area (Å²) in [5, 5.41) is 15.8. The summed E-state index contributed by atoms with van der Waals surface area (Å²) in [6, 6.07) is 0. The van der Waals surface area contributed by atoms with Gasteiger partial charge in [-0.05, 0) is 0 Å². The minimum Gasteiger partial charge on any atom is -0.477 e. The van der Waals surface area contributed by atoms with Crippen molar-refractivity contribution in [2.75, 3.05) is 0 Å². The fraction of sp³-hybridized carbons (Fsp3) is 0.333. The highest BCUT2D eigenvalue weighted by molar-refractivity contribution is 5.71. The second-order valence-electron chi connectivity index (χ2n) is 0.892. The molecule has 0 aromatic carbocycles. The quantitative estimate of drug-likeness (QED) is 0.440. The minimum atomic E-state index is -2.09. The number of aliphatic hydroxyl groups excluding tert-OH is 1. The predicted molar refractivity (Wildman–Crippen MR) is 20.4 cm³/mol. The van der Waals surface area contributed by atoms with Crippen LogP contribution in [0.3, 0.4) is 0 Å². The van der Waals surface area contributed by atoms with E-state index in [-0.39, 0.29) is 0 Å². The summed E-state index contributed by atoms with van der Waals surface area (Å²) >= 11 is 0. The number of carboxylic acids is 1. The lowest BCUT2D eigenvalue weighted by Crippen LogP contribution is -2.21. The molecule has 5 nitrogen and oxygen atoms in total. The van der Waals surface area contributed by atoms with Gasteiger partial charge in [-0.2, -0.15) is 0 Å². The van der Waals surface area contributed by atoms with E-state index < -0.39 is 12.3 Å². The molecule has 1 atom stereocenters. The van der Waals surface area contributed by atoms with Crippen molar-refractivity contribution in [3.8, 4) is 0 Å². The highest BCUT2D eigenvalue weighted by atomic mass is 16.6. The average Bonchev–Trinajstić information content (AvgIpc) is 1.67. The number of ether oxygens (including phenoxy) is 1. The molecular weight excluding hydrogens is 116 g/mol. The fourth-order valence-electron chi connectivity index (χ4n) is 0.0960. The molecule has 2 N–H and O–H groups in total. The molecule has 5 heteroatoms. The van der Waals surface area contributed by atoms with Crippen LogP contribution in [0.15, 0.2) is 0 Å². The minimum absolute atomic E-state index is 0.768. The molecule has 8 heavy (non-hydrogen) atoms. The van der Waals surface area contributed by atoms with Crippen LogP contribution in [0.5, 0.6) is 0 Å². The van der Waals surface area contributed by atoms with Crippen LogP contribution >= 0.6 is 0 Å². The molecular formula is C3H3O5. The Kier molecular flexibility index (Phi) is 2.57. The summed E-state index contributed by atoms with van der Waals surface area (Å²) in [4.78, 5) is 18.7. The average molecular weight is 119 g/mol. The van der Waals surface area contributed by atoms with Crippen LogP contribution in [0.1, 0.15) is 0 Å². The largest absolute Gasteiger partial charge is 0.477 e. The first-order valence-electron chi connectivity index (χ1n) is 1.62. The van der Waals surface area contributed by atoms with Gasteiger partial charge in [0.1, 0.15) is 0 Å². The van der Waals surface area contributed by atoms with E-state index in [1.807, 2.05) is 0 Å². The molecule has 0 aliphatic heterocycles. The lowest BCUT2D eigenvalue weighted by molar-refractivity contribution is -0.163. The Bertz CT molecular complexity index is 97.8. The Balaban J connectivity index is 3.46. The molecule has 0 saturated heterocycles. The molecule has 0 fully saturated rings. The van der Waals surface area contributed by atoms with Crippen molar-refractivity contribution in [1.82, 2.24) is 0 Å². The van der Waals surface area contributed by atoms with E-state index in [9.17, 15) is 4.79 Å². The van der Waals surface area contributed by atoms with E-state index in [1.165, 1.54) is 0 Å². The van der Waals surface area contributed by atoms with Crippen molar-refractivity contribution < 1.29 is 24.5 Å². The van der Waals surface area contributed by atoms with E-state index in [0.717, 1.165) is 6.47 Å². The van der Waals surface area contributed by atoms with E-state index in [2.05, 4.69) is 4.74 Å². The molecule has 0 saturated carbocycles. The third kappa shape index (κ3) is 2.14. The van der Waals surface area contributed by atoms with Crippen molar-refractivity contribution in [3.05, 3.63) is 0 Å². The van der Waals surface area contributed by atoms with Gasteiger partial charge in [-0.25, -0.2) is 9.59 Å². The van der Waals surface area contributed by atoms with E-state index in [4.69, 9.17) is 15.0 Å². The first-order valence-corrected chi connectivity index (χ1v) is 1.62. The molecule has 0 spiro atoms. The Morgan fingerprint density at radius 2 is 2.25 bits per heavy atom. The Hall–Kier alpha value is -1.10. The molecule has 1 radical (unpaired) electrons. The third-order valence-electron chi connectivity index (χ3n) is 0.371. The second-order valence-corrected chi connectivity index (χ2v) is 0.892. The number of hydrogen-bond acceptors (Lipinski definition) is 4. The number of aliphatic carboxylic acids is 1. The molecule has 0 bridgehead atoms. The summed E-state index contributed by atoms with van der Waals surface area (Å²) in [6.45, 7) is 0.768. The Morgan fingerprint density at radius 3 is 2.38 bits per heavy atom. The van der Waals surface area contributed by atoms with Gasteiger partial charge in [0.15, 0.2) is 0 Å². The second kappa shape index (κ2) is 2.98. The maximum Gasteiger partial charge on any atom is 0.420 e. The van der Waals surface area contributed by atoms with Crippen LogP contribution in [-0.2, 0) is 14.3 Å². The van der Waals surface area contributed by atoms with E-state index in [1.54, 1.807) is 0 Å². The zero-order valence-corrected chi connectivity index (χ0v) is 3.70. The van der Waals surface area contributed by atoms with Crippen LogP contribution in [-0.4, -0.2) is 28.9 Å². The summed E-state index contributed by atoms with van der Waals surface area (Å²) in [5.74, 6) is -1.62. The fourth-order valence-corrected chi connectivity index (χ4v) is 0.0960. The highest BCUT2D eigenvalue weighted by Gasteiger charge is 2.12. The van der Waals surface area contributed by atoms with E-state index >= 15 is 0 Å². The summed E-state index contributed by atoms with van der Waals surface area (Å²) < 4.78 is 3.45. The maximum absolute atomic E-state index is 9.54. The lowest BCUT2D eigenvalue weighted by Gasteiger charge is -1.97. The van der Waals surface area contributed by atoms with Crippen LogP contribution in [0.2, 0.25) is 0 Å². The summed E-state index contributed by atoms with van der Waals surface area (Å²) in [5.41, 5.74) is 0. The number of carbonyl (C=O) groups is 1. The van der Waals surface area contributed by atoms with Gasteiger partial charge in [-0.15, -0.1) is 0 Å². The molecule has 45 valence electrons. The number of aliphatic hydroxyl groups is 1. The predicted octanol–water partition coefficient (Wildman–Crippen LogP) is -1.53. The molecule has 0 aromatic rings. The van der Waals surface area contributed by atoms with Gasteiger partial charge in [0.05, 0.1) is 0 Å². The topological polar surface area (TPSA) is 83.8 Å². The Labute approximate surface area is 44.5 Å². The monoisotopic (exact) mass is 119 g/mol. The summed E-state index contributed by atoms with van der Waals surface area (Å²) in [7, 11) is 0. The standard InChI is InChI=1S/C3H3O5/c4-1-8-3(7)2(5)6/h3,7H,(H,5,6). The lowest BCUT2D eigenvalue weighted by atomic mass is 10.7. The van der Waals surface area contributed by atoms with Crippen molar-refractivity contribution in [1.29, 1.82) is 0 Å². The zero-order valence-electron chi connectivity index (χ0n) is 3.70. The van der Waals surface area contributed by atoms with Gasteiger partial charge in [-0.3, -0.25) is 0 Å². The zero-order chi connectivity index (χ0) is 6.57. The molecule has 0 heterocycles. The van der Waals surface area contributed by atoms with Gasteiger partial charge < -0.3 is 14.9 Å². The highest BCUT2D eigenvalue weighted by Crippen LogP contribution is 1.79. The van der Waals surface area contributed by atoms with Crippen molar-refractivity contribution >= 4 is 12.4 Å². The molecule has 0 aromatic heterocycles. The van der Waals surface area contributed by atoms with Crippen LogP contribution in [0.25, 0.3) is 0 Å². The van der Waals surface area contributed by atoms with Crippen molar-refractivity contribution in [2.24, 2.45) is 0 Å². The van der Waals surface area contributed by atoms with Gasteiger partial charge >= 0.3 is 12.4 Å². The number of rotatable bonds is 3. The van der Waals surface area contributed by atoms with Crippen LogP contribution < -0.4 is 0 Å². The van der Waals surface area contributed by atoms with Gasteiger partial charge in [0, 0.05) is 0 Å². The van der Waals surface area contributed by atoms with Gasteiger partial charge in [-0.1, -0.05) is 0 Å². The smallest absolute Gasteiger partial charge is 0.420 e. The first-order chi connectivity index (χ1) is 3.68. The number of hydrogen-bond donors (Lipinski definition) is 2. The first kappa shape index (κ1) is 6.90. The van der Waals surface area contributed by atoms with Crippen molar-refractivity contribution in [2.45, 2.75) is 6.29 Å². The van der Waals surface area contributed by atoms with Crippen LogP contribution in [0.4, 0.5) is 0 Å². The Morgan fingerprint density at radius 1 is 1.75 bits per heavy atom. The van der Waals surface area contributed by atoms with Crippen molar-refractivity contribution in [3.63, 3.8) is 0 Å². The van der Waals surface area contributed by atoms with Gasteiger partial charge in [0.2, 0.25) is 0 Å². The molecule has 0 rings (SSSR count). The number of carbonyl (C=O) groups excluding carboxylic acids is 1. The van der Waals surface area contributed by atoms with E-state index in [0.29, 0.717) is 0 Å². The molecule has 0 aliphatic carbocycles. The summed E-state index contributed by atoms with van der Waals surface area (Å²) in [6.07, 6.45) is -2.09. The molecule has 0 amide bonds. The third-order valence-corrected chi connectivity index (χ3v) is 0.371. The molecule has 0 aliphatic rings. The normalized spacial score (nSPS) is 12.1.